The SMILES string of the molecule is CCCc1cc(-c2ccc3c(-c4ccccc4)n[nH]c3c2)c(CCC)cc1-c1ccc2c(-c3ccccc3)n[nH]c2c1. The lowest BCUT2D eigenvalue weighted by Gasteiger charge is -2.17. The number of hydrogen-bond donors (Lipinski definition) is 2. The fourth-order valence-electron chi connectivity index (χ4n) is 6.19. The fraction of sp³-hybridized carbons (Fsp3) is 0.158. The number of aromatic nitrogens is 4. The van der Waals surface area contributed by atoms with E-state index in [0.29, 0.717) is 0 Å². The van der Waals surface area contributed by atoms with E-state index in [9.17, 15) is 0 Å². The van der Waals surface area contributed by atoms with Gasteiger partial charge in [0.15, 0.2) is 0 Å². The molecular formula is C38H34N4. The minimum absolute atomic E-state index is 0.998. The van der Waals surface area contributed by atoms with Crippen molar-refractivity contribution in [3.8, 4) is 44.8 Å². The molecule has 0 bridgehead atoms. The highest BCUT2D eigenvalue weighted by Gasteiger charge is 2.16. The Bertz CT molecular complexity index is 1850. The van der Waals surface area contributed by atoms with Crippen LogP contribution in [0.5, 0.6) is 0 Å². The predicted octanol–water partition coefficient (Wildman–Crippen LogP) is 10.0. The van der Waals surface area contributed by atoms with E-state index < -0.39 is 0 Å². The standard InChI is InChI=1S/C38H34N4/c1-3-11-27-21-34(30-18-20-32-36(24-30)40-42-38(32)26-15-9-6-10-16-26)28(12-4-2)22-33(27)29-17-19-31-35(23-29)39-41-37(31)25-13-7-5-8-14-25/h5-10,13-24H,3-4,11-12H2,1-2H3,(H,39,41)(H,40,42). The zero-order valence-corrected chi connectivity index (χ0v) is 24.1. The lowest BCUT2D eigenvalue weighted by molar-refractivity contribution is 0.907. The lowest BCUT2D eigenvalue weighted by atomic mass is 9.87. The van der Waals surface area contributed by atoms with Gasteiger partial charge in [0.1, 0.15) is 0 Å². The number of aromatic amines is 2. The second kappa shape index (κ2) is 11.1. The Labute approximate surface area is 246 Å². The van der Waals surface area contributed by atoms with Crippen molar-refractivity contribution in [3.05, 3.63) is 120 Å². The van der Waals surface area contributed by atoms with Gasteiger partial charge in [-0.25, -0.2) is 0 Å². The number of aryl methyl sites for hydroxylation is 2. The van der Waals surface area contributed by atoms with Gasteiger partial charge in [-0.2, -0.15) is 10.2 Å². The van der Waals surface area contributed by atoms with Crippen LogP contribution in [0.15, 0.2) is 109 Å². The van der Waals surface area contributed by atoms with Crippen LogP contribution in [0.25, 0.3) is 66.6 Å². The summed E-state index contributed by atoms with van der Waals surface area (Å²) in [7, 11) is 0. The predicted molar refractivity (Wildman–Crippen MR) is 175 cm³/mol. The van der Waals surface area contributed by atoms with Gasteiger partial charge >= 0.3 is 0 Å². The minimum Gasteiger partial charge on any atom is -0.277 e. The van der Waals surface area contributed by atoms with Crippen molar-refractivity contribution in [2.75, 3.05) is 0 Å². The first-order valence-corrected chi connectivity index (χ1v) is 15.0. The van der Waals surface area contributed by atoms with Crippen molar-refractivity contribution in [2.24, 2.45) is 0 Å². The molecule has 0 amide bonds. The number of H-pyrrole nitrogens is 2. The molecule has 7 rings (SSSR count). The zero-order valence-electron chi connectivity index (χ0n) is 24.1. The van der Waals surface area contributed by atoms with E-state index in [1.54, 1.807) is 0 Å². The maximum Gasteiger partial charge on any atom is 0.0999 e. The number of fused-ring (bicyclic) bond motifs is 2. The highest BCUT2D eigenvalue weighted by Crippen LogP contribution is 2.38. The Kier molecular flexibility index (Phi) is 6.89. The molecule has 2 N–H and O–H groups in total. The van der Waals surface area contributed by atoms with Crippen LogP contribution in [-0.4, -0.2) is 20.4 Å². The molecule has 4 nitrogen and oxygen atoms in total. The van der Waals surface area contributed by atoms with Gasteiger partial charge in [-0.05, 0) is 70.5 Å². The fourth-order valence-corrected chi connectivity index (χ4v) is 6.19. The second-order valence-electron chi connectivity index (χ2n) is 11.1. The Morgan fingerprint density at radius 3 is 1.31 bits per heavy atom. The van der Waals surface area contributed by atoms with Crippen LogP contribution < -0.4 is 0 Å². The van der Waals surface area contributed by atoms with Crippen LogP contribution in [0, 0.1) is 0 Å². The average Bonchev–Trinajstić information content (AvgIpc) is 3.66. The number of nitrogens with zero attached hydrogens (tertiary/aromatic N) is 2. The molecule has 0 aliphatic rings. The molecule has 42 heavy (non-hydrogen) atoms. The van der Waals surface area contributed by atoms with Gasteiger partial charge in [0, 0.05) is 21.9 Å². The summed E-state index contributed by atoms with van der Waals surface area (Å²) in [6.45, 7) is 4.52. The van der Waals surface area contributed by atoms with Crippen molar-refractivity contribution in [3.63, 3.8) is 0 Å². The molecule has 0 spiro atoms. The van der Waals surface area contributed by atoms with Gasteiger partial charge in [-0.1, -0.05) is 112 Å². The molecule has 4 heteroatoms. The van der Waals surface area contributed by atoms with Gasteiger partial charge in [0.25, 0.3) is 0 Å². The van der Waals surface area contributed by atoms with Gasteiger partial charge in [0.2, 0.25) is 0 Å². The molecule has 0 atom stereocenters. The summed E-state index contributed by atoms with van der Waals surface area (Å²) in [5.74, 6) is 0. The third-order valence-electron chi connectivity index (χ3n) is 8.21. The maximum absolute atomic E-state index is 4.67. The first kappa shape index (κ1) is 26.0. The van der Waals surface area contributed by atoms with E-state index in [1.165, 1.54) is 33.4 Å². The molecular weight excluding hydrogens is 512 g/mol. The highest BCUT2D eigenvalue weighted by atomic mass is 15.1. The summed E-state index contributed by atoms with van der Waals surface area (Å²) in [6.07, 6.45) is 4.22. The quantitative estimate of drug-likeness (QED) is 0.199. The Hall–Kier alpha value is -4.96. The van der Waals surface area contributed by atoms with Gasteiger partial charge in [-0.3, -0.25) is 10.2 Å². The molecule has 0 saturated heterocycles. The molecule has 7 aromatic rings. The number of rotatable bonds is 8. The Balaban J connectivity index is 1.32. The molecule has 0 radical (unpaired) electrons. The van der Waals surface area contributed by atoms with Crippen LogP contribution in [0.1, 0.15) is 37.8 Å². The smallest absolute Gasteiger partial charge is 0.0999 e. The Morgan fingerprint density at radius 2 is 0.905 bits per heavy atom. The van der Waals surface area contributed by atoms with Crippen molar-refractivity contribution < 1.29 is 0 Å². The van der Waals surface area contributed by atoms with E-state index in [2.05, 4.69) is 131 Å². The van der Waals surface area contributed by atoms with Gasteiger partial charge in [0.05, 0.1) is 22.4 Å². The molecule has 0 unspecified atom stereocenters. The zero-order chi connectivity index (χ0) is 28.5. The normalized spacial score (nSPS) is 11.5. The van der Waals surface area contributed by atoms with E-state index in [4.69, 9.17) is 0 Å². The van der Waals surface area contributed by atoms with E-state index in [0.717, 1.165) is 70.0 Å². The monoisotopic (exact) mass is 546 g/mol. The molecule has 5 aromatic carbocycles. The van der Waals surface area contributed by atoms with Crippen molar-refractivity contribution in [1.82, 2.24) is 20.4 Å². The lowest BCUT2D eigenvalue weighted by Crippen LogP contribution is -1.97. The number of nitrogens with one attached hydrogen (secondary N) is 2. The maximum atomic E-state index is 4.67. The molecule has 0 saturated carbocycles. The van der Waals surface area contributed by atoms with Crippen LogP contribution in [0.3, 0.4) is 0 Å². The molecule has 2 heterocycles. The van der Waals surface area contributed by atoms with Crippen LogP contribution in [-0.2, 0) is 12.8 Å². The van der Waals surface area contributed by atoms with Crippen LogP contribution in [0.4, 0.5) is 0 Å². The summed E-state index contributed by atoms with van der Waals surface area (Å²) in [6, 6.07) is 39.1. The summed E-state index contributed by atoms with van der Waals surface area (Å²) in [5.41, 5.74) is 14.2. The van der Waals surface area contributed by atoms with Crippen molar-refractivity contribution in [1.29, 1.82) is 0 Å². The first-order valence-electron chi connectivity index (χ1n) is 15.0. The van der Waals surface area contributed by atoms with Crippen molar-refractivity contribution in [2.45, 2.75) is 39.5 Å². The highest BCUT2D eigenvalue weighted by molar-refractivity contribution is 5.97. The third-order valence-corrected chi connectivity index (χ3v) is 8.21. The van der Waals surface area contributed by atoms with E-state index >= 15 is 0 Å². The van der Waals surface area contributed by atoms with E-state index in [1.807, 2.05) is 12.1 Å². The molecule has 2 aromatic heterocycles. The third kappa shape index (κ3) is 4.69. The van der Waals surface area contributed by atoms with Crippen LogP contribution >= 0.6 is 0 Å². The summed E-state index contributed by atoms with van der Waals surface area (Å²) in [5, 5.41) is 18.2. The van der Waals surface area contributed by atoms with Crippen molar-refractivity contribution >= 4 is 21.8 Å². The molecule has 0 fully saturated rings. The summed E-state index contributed by atoms with van der Waals surface area (Å²) >= 11 is 0. The topological polar surface area (TPSA) is 57.4 Å². The molecule has 0 aliphatic heterocycles. The number of benzene rings is 5. The number of hydrogen-bond acceptors (Lipinski definition) is 2. The van der Waals surface area contributed by atoms with Gasteiger partial charge < -0.3 is 0 Å². The van der Waals surface area contributed by atoms with Gasteiger partial charge in [-0.15, -0.1) is 0 Å². The van der Waals surface area contributed by atoms with E-state index in [-0.39, 0.29) is 0 Å². The summed E-state index contributed by atoms with van der Waals surface area (Å²) < 4.78 is 0. The molecule has 206 valence electrons. The minimum atomic E-state index is 0.998. The second-order valence-corrected chi connectivity index (χ2v) is 11.1. The average molecular weight is 547 g/mol. The summed E-state index contributed by atoms with van der Waals surface area (Å²) in [4.78, 5) is 0. The first-order chi connectivity index (χ1) is 20.7. The molecule has 0 aliphatic carbocycles. The van der Waals surface area contributed by atoms with Crippen LogP contribution in [0.2, 0.25) is 0 Å². The largest absolute Gasteiger partial charge is 0.277 e. The Morgan fingerprint density at radius 1 is 0.476 bits per heavy atom.